The molecule has 1 N–H and O–H groups in total. The van der Waals surface area contributed by atoms with Gasteiger partial charge in [0.25, 0.3) is 11.8 Å². The summed E-state index contributed by atoms with van der Waals surface area (Å²) in [6, 6.07) is 6.47. The van der Waals surface area contributed by atoms with Gasteiger partial charge in [-0.05, 0) is 32.4 Å². The lowest BCUT2D eigenvalue weighted by Crippen LogP contribution is -2.47. The Morgan fingerprint density at radius 1 is 1.15 bits per heavy atom. The SMILES string of the molecule is CCCP(=O)(O)C(C)(C)N1C(=O)c2ccccc2C1=O. The number of nitrogens with zero attached hydrogens (tertiary/aromatic N) is 1. The standard InChI is InChI=1S/C14H18NO4P/c1-4-9-20(18,19)14(2,3)15-12(16)10-7-5-6-8-11(10)13(15)17/h5-8H,4,9H2,1-3H3,(H,18,19). The average Bonchev–Trinajstić information content (AvgIpc) is 2.62. The lowest BCUT2D eigenvalue weighted by Gasteiger charge is -2.37. The molecule has 0 fully saturated rings. The summed E-state index contributed by atoms with van der Waals surface area (Å²) >= 11 is 0. The highest BCUT2D eigenvalue weighted by Crippen LogP contribution is 2.57. The molecule has 0 bridgehead atoms. The molecule has 1 unspecified atom stereocenters. The Balaban J connectivity index is 2.48. The van der Waals surface area contributed by atoms with Crippen LogP contribution in [0.1, 0.15) is 47.9 Å². The van der Waals surface area contributed by atoms with Gasteiger partial charge < -0.3 is 4.89 Å². The van der Waals surface area contributed by atoms with Crippen LogP contribution in [0.3, 0.4) is 0 Å². The highest BCUT2D eigenvalue weighted by molar-refractivity contribution is 7.59. The molecule has 108 valence electrons. The van der Waals surface area contributed by atoms with E-state index < -0.39 is 24.5 Å². The molecule has 6 heteroatoms. The molecular formula is C14H18NO4P. The van der Waals surface area contributed by atoms with Crippen LogP contribution in [-0.2, 0) is 4.57 Å². The maximum absolute atomic E-state index is 12.5. The molecule has 0 radical (unpaired) electrons. The van der Waals surface area contributed by atoms with Gasteiger partial charge in [0.05, 0.1) is 11.1 Å². The number of hydrogen-bond donors (Lipinski definition) is 1. The second-order valence-electron chi connectivity index (χ2n) is 5.41. The monoisotopic (exact) mass is 295 g/mol. The summed E-state index contributed by atoms with van der Waals surface area (Å²) in [6.45, 7) is 4.75. The summed E-state index contributed by atoms with van der Waals surface area (Å²) in [5.41, 5.74) is 0.587. The lowest BCUT2D eigenvalue weighted by atomic mass is 10.1. The van der Waals surface area contributed by atoms with Gasteiger partial charge in [-0.15, -0.1) is 0 Å². The van der Waals surface area contributed by atoms with E-state index in [-0.39, 0.29) is 6.16 Å². The first kappa shape index (κ1) is 14.9. The number of benzene rings is 1. The van der Waals surface area contributed by atoms with Gasteiger partial charge in [0.15, 0.2) is 0 Å². The van der Waals surface area contributed by atoms with Gasteiger partial charge in [-0.3, -0.25) is 19.1 Å². The molecule has 1 aliphatic rings. The molecule has 2 rings (SSSR count). The second kappa shape index (κ2) is 4.83. The Labute approximate surface area is 118 Å². The van der Waals surface area contributed by atoms with E-state index in [0.717, 1.165) is 4.90 Å². The Hall–Kier alpha value is -1.45. The number of fused-ring (bicyclic) bond motifs is 1. The first-order chi connectivity index (χ1) is 9.24. The van der Waals surface area contributed by atoms with Crippen LogP contribution in [0.5, 0.6) is 0 Å². The number of amides is 2. The molecular weight excluding hydrogens is 277 g/mol. The summed E-state index contributed by atoms with van der Waals surface area (Å²) in [6.07, 6.45) is 0.591. The Morgan fingerprint density at radius 3 is 2.00 bits per heavy atom. The fraction of sp³-hybridized carbons (Fsp3) is 0.429. The van der Waals surface area contributed by atoms with Crippen molar-refractivity contribution in [1.29, 1.82) is 0 Å². The van der Waals surface area contributed by atoms with Gasteiger partial charge in [0.1, 0.15) is 5.28 Å². The first-order valence-corrected chi connectivity index (χ1v) is 8.38. The molecule has 1 aromatic rings. The predicted octanol–water partition coefficient (Wildman–Crippen LogP) is 2.70. The smallest absolute Gasteiger partial charge is 0.262 e. The van der Waals surface area contributed by atoms with Gasteiger partial charge in [0.2, 0.25) is 7.37 Å². The zero-order chi connectivity index (χ0) is 15.1. The molecule has 0 spiro atoms. The molecule has 0 saturated carbocycles. The largest absolute Gasteiger partial charge is 0.343 e. The molecule has 0 aliphatic carbocycles. The van der Waals surface area contributed by atoms with Crippen molar-refractivity contribution in [2.24, 2.45) is 0 Å². The molecule has 20 heavy (non-hydrogen) atoms. The number of imide groups is 1. The van der Waals surface area contributed by atoms with E-state index in [1.807, 2.05) is 0 Å². The number of hydrogen-bond acceptors (Lipinski definition) is 3. The summed E-state index contributed by atoms with van der Waals surface area (Å²) in [5, 5.41) is -1.41. The van der Waals surface area contributed by atoms with E-state index in [0.29, 0.717) is 17.5 Å². The second-order valence-corrected chi connectivity index (χ2v) is 8.36. The minimum Gasteiger partial charge on any atom is -0.343 e. The van der Waals surface area contributed by atoms with Crippen LogP contribution in [0.15, 0.2) is 24.3 Å². The molecule has 0 saturated heterocycles. The van der Waals surface area contributed by atoms with Gasteiger partial charge in [-0.1, -0.05) is 19.1 Å². The van der Waals surface area contributed by atoms with E-state index in [1.54, 1.807) is 31.2 Å². The van der Waals surface area contributed by atoms with Crippen molar-refractivity contribution < 1.29 is 19.0 Å². The molecule has 2 amide bonds. The van der Waals surface area contributed by atoms with Crippen LogP contribution < -0.4 is 0 Å². The Morgan fingerprint density at radius 2 is 1.60 bits per heavy atom. The third kappa shape index (κ3) is 2.02. The average molecular weight is 295 g/mol. The Kier molecular flexibility index (Phi) is 3.61. The number of rotatable bonds is 4. The molecule has 5 nitrogen and oxygen atoms in total. The fourth-order valence-electron chi connectivity index (χ4n) is 2.42. The van der Waals surface area contributed by atoms with Crippen LogP contribution in [0, 0.1) is 0 Å². The summed E-state index contributed by atoms with van der Waals surface area (Å²) in [5.74, 6) is -0.998. The maximum atomic E-state index is 12.5. The van der Waals surface area contributed by atoms with E-state index in [4.69, 9.17) is 0 Å². The topological polar surface area (TPSA) is 74.7 Å². The first-order valence-electron chi connectivity index (χ1n) is 6.54. The zero-order valence-electron chi connectivity index (χ0n) is 11.8. The number of carbonyl (C=O) groups excluding carboxylic acids is 2. The van der Waals surface area contributed by atoms with Crippen molar-refractivity contribution in [2.45, 2.75) is 32.5 Å². The third-order valence-corrected chi connectivity index (χ3v) is 6.69. The summed E-state index contributed by atoms with van der Waals surface area (Å²) < 4.78 is 12.5. The molecule has 1 heterocycles. The third-order valence-electron chi connectivity index (χ3n) is 3.72. The quantitative estimate of drug-likeness (QED) is 0.684. The van der Waals surface area contributed by atoms with E-state index in [9.17, 15) is 19.0 Å². The highest BCUT2D eigenvalue weighted by Gasteiger charge is 2.52. The summed E-state index contributed by atoms with van der Waals surface area (Å²) in [7, 11) is -3.66. The van der Waals surface area contributed by atoms with E-state index in [2.05, 4.69) is 0 Å². The summed E-state index contributed by atoms with van der Waals surface area (Å²) in [4.78, 5) is 35.9. The number of carbonyl (C=O) groups is 2. The van der Waals surface area contributed by atoms with Crippen molar-refractivity contribution >= 4 is 19.2 Å². The van der Waals surface area contributed by atoms with Gasteiger partial charge in [-0.2, -0.15) is 0 Å². The van der Waals surface area contributed by atoms with Crippen molar-refractivity contribution in [3.63, 3.8) is 0 Å². The van der Waals surface area contributed by atoms with Gasteiger partial charge in [0, 0.05) is 6.16 Å². The van der Waals surface area contributed by atoms with Crippen molar-refractivity contribution in [3.8, 4) is 0 Å². The highest BCUT2D eigenvalue weighted by atomic mass is 31.2. The van der Waals surface area contributed by atoms with Crippen molar-refractivity contribution in [2.75, 3.05) is 6.16 Å². The molecule has 1 aliphatic heterocycles. The van der Waals surface area contributed by atoms with Crippen molar-refractivity contribution in [3.05, 3.63) is 35.4 Å². The minimum atomic E-state index is -3.66. The van der Waals surface area contributed by atoms with Gasteiger partial charge >= 0.3 is 0 Å². The van der Waals surface area contributed by atoms with E-state index >= 15 is 0 Å². The normalized spacial score (nSPS) is 18.1. The van der Waals surface area contributed by atoms with E-state index in [1.165, 1.54) is 13.8 Å². The van der Waals surface area contributed by atoms with Crippen LogP contribution in [0.4, 0.5) is 0 Å². The van der Waals surface area contributed by atoms with Crippen LogP contribution >= 0.6 is 7.37 Å². The molecule has 1 aromatic carbocycles. The van der Waals surface area contributed by atoms with Crippen LogP contribution in [-0.4, -0.2) is 33.0 Å². The molecule has 0 aromatic heterocycles. The fourth-order valence-corrected chi connectivity index (χ4v) is 4.07. The lowest BCUT2D eigenvalue weighted by molar-refractivity contribution is 0.0558. The maximum Gasteiger partial charge on any atom is 0.262 e. The minimum absolute atomic E-state index is 0.0768. The van der Waals surface area contributed by atoms with Crippen LogP contribution in [0.2, 0.25) is 0 Å². The van der Waals surface area contributed by atoms with Crippen LogP contribution in [0.25, 0.3) is 0 Å². The zero-order valence-corrected chi connectivity index (χ0v) is 12.7. The molecule has 1 atom stereocenters. The van der Waals surface area contributed by atoms with Gasteiger partial charge in [-0.25, -0.2) is 0 Å². The Bertz CT molecular complexity index is 588. The predicted molar refractivity (Wildman–Crippen MR) is 76.0 cm³/mol. The van der Waals surface area contributed by atoms with Crippen molar-refractivity contribution in [1.82, 2.24) is 4.90 Å².